The zero-order valence-corrected chi connectivity index (χ0v) is 17.8. The maximum Gasteiger partial charge on any atom is 0.407 e. The summed E-state index contributed by atoms with van der Waals surface area (Å²) in [6.07, 6.45) is 1.45. The standard InChI is InChI=1S/C20H33N5O2/c1-13-9-14(2)25-15(11-22-17(25)24-13)10-21-16(19(3,4)5)12-23-18(26)27-20(6,7)8/h9,11,16,21H,10,12H2,1-8H3,(H,23,26). The lowest BCUT2D eigenvalue weighted by Crippen LogP contribution is -2.49. The number of nitrogens with one attached hydrogen (secondary N) is 2. The lowest BCUT2D eigenvalue weighted by molar-refractivity contribution is 0.0513. The summed E-state index contributed by atoms with van der Waals surface area (Å²) in [7, 11) is 0. The number of nitrogens with zero attached hydrogens (tertiary/aromatic N) is 3. The Morgan fingerprint density at radius 1 is 1.22 bits per heavy atom. The summed E-state index contributed by atoms with van der Waals surface area (Å²) in [5, 5.41) is 6.43. The van der Waals surface area contributed by atoms with E-state index in [1.54, 1.807) is 0 Å². The first-order valence-corrected chi connectivity index (χ1v) is 9.37. The van der Waals surface area contributed by atoms with Gasteiger partial charge in [-0.2, -0.15) is 0 Å². The summed E-state index contributed by atoms with van der Waals surface area (Å²) in [5.41, 5.74) is 2.56. The summed E-state index contributed by atoms with van der Waals surface area (Å²) in [6, 6.07) is 2.11. The van der Waals surface area contributed by atoms with Crippen LogP contribution in [0.3, 0.4) is 0 Å². The molecule has 1 atom stereocenters. The fraction of sp³-hybridized carbons (Fsp3) is 0.650. The molecule has 0 aliphatic heterocycles. The third-order valence-corrected chi connectivity index (χ3v) is 4.29. The van der Waals surface area contributed by atoms with Crippen molar-refractivity contribution in [1.29, 1.82) is 0 Å². The van der Waals surface area contributed by atoms with E-state index in [0.29, 0.717) is 18.9 Å². The third-order valence-electron chi connectivity index (χ3n) is 4.29. The zero-order valence-electron chi connectivity index (χ0n) is 17.8. The van der Waals surface area contributed by atoms with Gasteiger partial charge < -0.3 is 15.4 Å². The van der Waals surface area contributed by atoms with Crippen molar-refractivity contribution < 1.29 is 9.53 Å². The number of aryl methyl sites for hydroxylation is 2. The van der Waals surface area contributed by atoms with Crippen LogP contribution in [0.2, 0.25) is 0 Å². The van der Waals surface area contributed by atoms with Crippen LogP contribution in [-0.2, 0) is 11.3 Å². The topological polar surface area (TPSA) is 80.5 Å². The number of hydrogen-bond acceptors (Lipinski definition) is 5. The number of rotatable bonds is 5. The van der Waals surface area contributed by atoms with Crippen molar-refractivity contribution in [1.82, 2.24) is 25.0 Å². The molecule has 2 heterocycles. The maximum absolute atomic E-state index is 12.0. The van der Waals surface area contributed by atoms with Crippen molar-refractivity contribution in [2.75, 3.05) is 6.54 Å². The minimum atomic E-state index is -0.506. The molecule has 0 aliphatic carbocycles. The molecule has 2 N–H and O–H groups in total. The molecule has 2 rings (SSSR count). The smallest absolute Gasteiger partial charge is 0.407 e. The number of carbonyl (C=O) groups excluding carboxylic acids is 1. The highest BCUT2D eigenvalue weighted by molar-refractivity contribution is 5.67. The molecule has 150 valence electrons. The van der Waals surface area contributed by atoms with Crippen LogP contribution in [0.15, 0.2) is 12.3 Å². The van der Waals surface area contributed by atoms with Gasteiger partial charge in [0.2, 0.25) is 5.78 Å². The predicted molar refractivity (Wildman–Crippen MR) is 107 cm³/mol. The molecule has 7 nitrogen and oxygen atoms in total. The van der Waals surface area contributed by atoms with Gasteiger partial charge in [0.1, 0.15) is 5.60 Å². The van der Waals surface area contributed by atoms with Gasteiger partial charge in [-0.15, -0.1) is 0 Å². The Kier molecular flexibility index (Phi) is 6.14. The Hall–Kier alpha value is -2.15. The van der Waals surface area contributed by atoms with E-state index in [0.717, 1.165) is 17.1 Å². The molecule has 0 aromatic carbocycles. The molecular formula is C20H33N5O2. The van der Waals surface area contributed by atoms with Crippen molar-refractivity contribution >= 4 is 11.9 Å². The van der Waals surface area contributed by atoms with Crippen LogP contribution >= 0.6 is 0 Å². The number of alkyl carbamates (subject to hydrolysis) is 1. The Labute approximate surface area is 161 Å². The van der Waals surface area contributed by atoms with Gasteiger partial charge in [-0.05, 0) is 46.1 Å². The highest BCUT2D eigenvalue weighted by atomic mass is 16.6. The second-order valence-electron chi connectivity index (χ2n) is 9.11. The Balaban J connectivity index is 2.06. The average molecular weight is 376 g/mol. The van der Waals surface area contributed by atoms with E-state index in [1.807, 2.05) is 40.0 Å². The second kappa shape index (κ2) is 7.84. The number of ether oxygens (including phenoxy) is 1. The molecular weight excluding hydrogens is 342 g/mol. The maximum atomic E-state index is 12.0. The van der Waals surface area contributed by atoms with E-state index in [4.69, 9.17) is 4.74 Å². The van der Waals surface area contributed by atoms with Gasteiger partial charge in [0.15, 0.2) is 0 Å². The van der Waals surface area contributed by atoms with Gasteiger partial charge in [-0.1, -0.05) is 20.8 Å². The lowest BCUT2D eigenvalue weighted by Gasteiger charge is -2.32. The molecule has 0 saturated heterocycles. The monoisotopic (exact) mass is 375 g/mol. The number of aromatic nitrogens is 3. The minimum absolute atomic E-state index is 0.0423. The fourth-order valence-electron chi connectivity index (χ4n) is 2.93. The first kappa shape index (κ1) is 21.2. The largest absolute Gasteiger partial charge is 0.444 e. The number of fused-ring (bicyclic) bond motifs is 1. The first-order valence-electron chi connectivity index (χ1n) is 9.37. The molecule has 0 bridgehead atoms. The highest BCUT2D eigenvalue weighted by Crippen LogP contribution is 2.20. The summed E-state index contributed by atoms with van der Waals surface area (Å²) in [5.74, 6) is 0.712. The van der Waals surface area contributed by atoms with Crippen LogP contribution in [-0.4, -0.2) is 38.6 Å². The number of carbonyl (C=O) groups is 1. The Bertz CT molecular complexity index is 799. The minimum Gasteiger partial charge on any atom is -0.444 e. The summed E-state index contributed by atoms with van der Waals surface area (Å²) in [6.45, 7) is 17.1. The van der Waals surface area contributed by atoms with Crippen molar-refractivity contribution in [2.24, 2.45) is 5.41 Å². The fourth-order valence-corrected chi connectivity index (χ4v) is 2.93. The van der Waals surface area contributed by atoms with Gasteiger partial charge >= 0.3 is 6.09 Å². The second-order valence-corrected chi connectivity index (χ2v) is 9.11. The summed E-state index contributed by atoms with van der Waals surface area (Å²) in [4.78, 5) is 20.9. The van der Waals surface area contributed by atoms with Crippen molar-refractivity contribution in [3.8, 4) is 0 Å². The van der Waals surface area contributed by atoms with E-state index in [9.17, 15) is 4.79 Å². The molecule has 27 heavy (non-hydrogen) atoms. The molecule has 0 radical (unpaired) electrons. The van der Waals surface area contributed by atoms with Crippen LogP contribution in [0.1, 0.15) is 58.6 Å². The molecule has 0 aliphatic rings. The number of imidazole rings is 1. The molecule has 2 aromatic rings. The van der Waals surface area contributed by atoms with E-state index in [1.165, 1.54) is 0 Å². The molecule has 0 saturated carbocycles. The number of amides is 1. The first-order chi connectivity index (χ1) is 12.4. The Morgan fingerprint density at radius 3 is 2.48 bits per heavy atom. The van der Waals surface area contributed by atoms with Crippen LogP contribution in [0, 0.1) is 19.3 Å². The highest BCUT2D eigenvalue weighted by Gasteiger charge is 2.26. The van der Waals surface area contributed by atoms with Crippen LogP contribution in [0.4, 0.5) is 4.79 Å². The molecule has 1 amide bonds. The quantitative estimate of drug-likeness (QED) is 0.837. The SMILES string of the molecule is Cc1cc(C)n2c(CNC(CNC(=O)OC(C)(C)C)C(C)(C)C)cnc2n1. The molecule has 0 fully saturated rings. The third kappa shape index (κ3) is 5.92. The van der Waals surface area contributed by atoms with Crippen LogP contribution < -0.4 is 10.6 Å². The van der Waals surface area contributed by atoms with Crippen molar-refractivity contribution in [2.45, 2.75) is 73.6 Å². The molecule has 2 aromatic heterocycles. The van der Waals surface area contributed by atoms with E-state index >= 15 is 0 Å². The normalized spacial score (nSPS) is 13.6. The van der Waals surface area contributed by atoms with Gasteiger partial charge in [0, 0.05) is 30.5 Å². The van der Waals surface area contributed by atoms with E-state index < -0.39 is 11.7 Å². The molecule has 1 unspecified atom stereocenters. The van der Waals surface area contributed by atoms with Crippen LogP contribution in [0.25, 0.3) is 5.78 Å². The average Bonchev–Trinajstić information content (AvgIpc) is 2.87. The molecule has 0 spiro atoms. The van der Waals surface area contributed by atoms with E-state index in [2.05, 4.69) is 52.7 Å². The number of hydrogen-bond donors (Lipinski definition) is 2. The predicted octanol–water partition coefficient (Wildman–Crippen LogP) is 3.38. The zero-order chi connectivity index (χ0) is 20.4. The molecule has 7 heteroatoms. The van der Waals surface area contributed by atoms with Gasteiger partial charge in [-0.25, -0.2) is 14.8 Å². The van der Waals surface area contributed by atoms with Crippen molar-refractivity contribution in [3.05, 3.63) is 29.3 Å². The van der Waals surface area contributed by atoms with Gasteiger partial charge in [0.25, 0.3) is 0 Å². The van der Waals surface area contributed by atoms with Crippen LogP contribution in [0.5, 0.6) is 0 Å². The Morgan fingerprint density at radius 2 is 1.89 bits per heavy atom. The summed E-state index contributed by atoms with van der Waals surface area (Å²) < 4.78 is 7.39. The van der Waals surface area contributed by atoms with E-state index in [-0.39, 0.29) is 11.5 Å². The van der Waals surface area contributed by atoms with Crippen molar-refractivity contribution in [3.63, 3.8) is 0 Å². The van der Waals surface area contributed by atoms with Gasteiger partial charge in [-0.3, -0.25) is 4.40 Å². The summed E-state index contributed by atoms with van der Waals surface area (Å²) >= 11 is 0. The van der Waals surface area contributed by atoms with Gasteiger partial charge in [0.05, 0.1) is 11.9 Å². The lowest BCUT2D eigenvalue weighted by atomic mass is 9.86.